The maximum Gasteiger partial charge on any atom is 0.119 e. The molecule has 0 spiro atoms. The molecule has 1 heterocycles. The van der Waals surface area contributed by atoms with Gasteiger partial charge in [0.25, 0.3) is 0 Å². The molecule has 5 heteroatoms. The smallest absolute Gasteiger partial charge is 0.119 e. The third-order valence-electron chi connectivity index (χ3n) is 5.28. The standard InChI is InChI=1S/C27H27NO3S/c1-19-15-25(30-14-4-13-29)16-20(2)27(19)23-6-3-5-21(17-23)18-31-24-9-7-22(8-10-24)26-11-12-28-32-26/h3,5-12,15-17,29H,4,13-14,18H2,1-2H3. The summed E-state index contributed by atoms with van der Waals surface area (Å²) in [5, 5.41) is 8.95. The van der Waals surface area contributed by atoms with Crippen LogP contribution in [0.15, 0.2) is 72.9 Å². The minimum Gasteiger partial charge on any atom is -0.493 e. The Bertz CT molecular complexity index is 1130. The molecule has 0 amide bonds. The number of rotatable bonds is 9. The van der Waals surface area contributed by atoms with Gasteiger partial charge in [-0.1, -0.05) is 18.2 Å². The lowest BCUT2D eigenvalue weighted by atomic mass is 9.94. The van der Waals surface area contributed by atoms with Gasteiger partial charge in [-0.2, -0.15) is 0 Å². The molecular formula is C27H27NO3S. The van der Waals surface area contributed by atoms with Crippen molar-refractivity contribution in [3.8, 4) is 33.1 Å². The Hall–Kier alpha value is -3.15. The predicted molar refractivity (Wildman–Crippen MR) is 130 cm³/mol. The Balaban J connectivity index is 1.45. The number of aryl methyl sites for hydroxylation is 2. The molecule has 0 aliphatic rings. The summed E-state index contributed by atoms with van der Waals surface area (Å²) in [5.41, 5.74) is 6.99. The number of aromatic nitrogens is 1. The number of hydrogen-bond donors (Lipinski definition) is 1. The average Bonchev–Trinajstić information content (AvgIpc) is 3.33. The fraction of sp³-hybridized carbons (Fsp3) is 0.222. The summed E-state index contributed by atoms with van der Waals surface area (Å²) < 4.78 is 16.0. The third kappa shape index (κ3) is 5.36. The fourth-order valence-electron chi connectivity index (χ4n) is 3.78. The molecule has 1 aromatic heterocycles. The van der Waals surface area contributed by atoms with Crippen molar-refractivity contribution in [2.24, 2.45) is 0 Å². The van der Waals surface area contributed by atoms with Gasteiger partial charge in [0.05, 0.1) is 11.5 Å². The van der Waals surface area contributed by atoms with E-state index >= 15 is 0 Å². The molecule has 3 aromatic carbocycles. The van der Waals surface area contributed by atoms with Gasteiger partial charge < -0.3 is 14.6 Å². The maximum absolute atomic E-state index is 8.95. The van der Waals surface area contributed by atoms with Crippen LogP contribution in [0, 0.1) is 13.8 Å². The summed E-state index contributed by atoms with van der Waals surface area (Å²) in [5.74, 6) is 1.69. The minimum absolute atomic E-state index is 0.140. The zero-order valence-corrected chi connectivity index (χ0v) is 19.2. The van der Waals surface area contributed by atoms with Crippen molar-refractivity contribution in [3.63, 3.8) is 0 Å². The second kappa shape index (κ2) is 10.4. The highest BCUT2D eigenvalue weighted by Gasteiger charge is 2.10. The van der Waals surface area contributed by atoms with E-state index in [9.17, 15) is 0 Å². The molecule has 0 fully saturated rings. The van der Waals surface area contributed by atoms with Crippen LogP contribution >= 0.6 is 11.5 Å². The molecule has 1 N–H and O–H groups in total. The fourth-order valence-corrected chi connectivity index (χ4v) is 4.38. The van der Waals surface area contributed by atoms with Crippen molar-refractivity contribution in [1.82, 2.24) is 4.37 Å². The Morgan fingerprint density at radius 2 is 1.62 bits per heavy atom. The SMILES string of the molecule is Cc1cc(OCCCO)cc(C)c1-c1cccc(COc2ccc(-c3ccns3)cc2)c1. The monoisotopic (exact) mass is 445 g/mol. The van der Waals surface area contributed by atoms with Crippen LogP contribution in [-0.2, 0) is 6.61 Å². The summed E-state index contributed by atoms with van der Waals surface area (Å²) in [6.45, 7) is 5.38. The van der Waals surface area contributed by atoms with Crippen molar-refractivity contribution in [3.05, 3.63) is 89.6 Å². The first-order valence-electron chi connectivity index (χ1n) is 10.7. The molecule has 0 atom stereocenters. The second-order valence-corrected chi connectivity index (χ2v) is 8.58. The van der Waals surface area contributed by atoms with Crippen LogP contribution in [0.3, 0.4) is 0 Å². The highest BCUT2D eigenvalue weighted by Crippen LogP contribution is 2.32. The van der Waals surface area contributed by atoms with E-state index in [1.165, 1.54) is 33.8 Å². The largest absolute Gasteiger partial charge is 0.493 e. The molecule has 4 aromatic rings. The Morgan fingerprint density at radius 3 is 2.31 bits per heavy atom. The van der Waals surface area contributed by atoms with Crippen LogP contribution in [-0.4, -0.2) is 22.7 Å². The lowest BCUT2D eigenvalue weighted by Crippen LogP contribution is -2.01. The van der Waals surface area contributed by atoms with Gasteiger partial charge in [0.1, 0.15) is 18.1 Å². The molecule has 0 saturated carbocycles. The molecule has 4 rings (SSSR count). The Kier molecular flexibility index (Phi) is 7.20. The highest BCUT2D eigenvalue weighted by atomic mass is 32.1. The average molecular weight is 446 g/mol. The van der Waals surface area contributed by atoms with E-state index in [4.69, 9.17) is 14.6 Å². The summed E-state index contributed by atoms with van der Waals surface area (Å²) in [6, 6.07) is 22.8. The van der Waals surface area contributed by atoms with Gasteiger partial charge in [-0.05, 0) is 107 Å². The molecule has 0 aliphatic carbocycles. The normalized spacial score (nSPS) is 10.8. The van der Waals surface area contributed by atoms with Crippen molar-refractivity contribution in [2.45, 2.75) is 26.9 Å². The van der Waals surface area contributed by atoms with E-state index in [-0.39, 0.29) is 6.61 Å². The molecule has 0 unspecified atom stereocenters. The van der Waals surface area contributed by atoms with Crippen LogP contribution in [0.5, 0.6) is 11.5 Å². The van der Waals surface area contributed by atoms with E-state index < -0.39 is 0 Å². The number of aliphatic hydroxyl groups is 1. The van der Waals surface area contributed by atoms with E-state index in [0.29, 0.717) is 19.6 Å². The highest BCUT2D eigenvalue weighted by molar-refractivity contribution is 7.09. The summed E-state index contributed by atoms with van der Waals surface area (Å²) in [6.07, 6.45) is 2.45. The topological polar surface area (TPSA) is 51.6 Å². The Morgan fingerprint density at radius 1 is 0.844 bits per heavy atom. The quantitative estimate of drug-likeness (QED) is 0.302. The number of aliphatic hydroxyl groups excluding tert-OH is 1. The maximum atomic E-state index is 8.95. The van der Waals surface area contributed by atoms with Crippen LogP contribution in [0.2, 0.25) is 0 Å². The van der Waals surface area contributed by atoms with Gasteiger partial charge in [-0.25, -0.2) is 4.37 Å². The number of nitrogens with zero attached hydrogens (tertiary/aromatic N) is 1. The van der Waals surface area contributed by atoms with E-state index in [2.05, 4.69) is 66.8 Å². The van der Waals surface area contributed by atoms with Crippen molar-refractivity contribution < 1.29 is 14.6 Å². The second-order valence-electron chi connectivity index (χ2n) is 7.75. The lowest BCUT2D eigenvalue weighted by Gasteiger charge is -2.15. The Labute approximate surface area is 193 Å². The summed E-state index contributed by atoms with van der Waals surface area (Å²) in [7, 11) is 0. The molecule has 0 saturated heterocycles. The number of hydrogen-bond acceptors (Lipinski definition) is 5. The summed E-state index contributed by atoms with van der Waals surface area (Å²) >= 11 is 1.49. The minimum atomic E-state index is 0.140. The number of ether oxygens (including phenoxy) is 2. The van der Waals surface area contributed by atoms with Gasteiger partial charge in [0, 0.05) is 19.2 Å². The first-order chi connectivity index (χ1) is 15.6. The predicted octanol–water partition coefficient (Wildman–Crippen LogP) is 6.43. The van der Waals surface area contributed by atoms with E-state index in [1.54, 1.807) is 0 Å². The van der Waals surface area contributed by atoms with Crippen LogP contribution < -0.4 is 9.47 Å². The van der Waals surface area contributed by atoms with Crippen molar-refractivity contribution in [1.29, 1.82) is 0 Å². The van der Waals surface area contributed by atoms with Gasteiger partial charge in [-0.15, -0.1) is 0 Å². The van der Waals surface area contributed by atoms with Crippen LogP contribution in [0.25, 0.3) is 21.6 Å². The summed E-state index contributed by atoms with van der Waals surface area (Å²) in [4.78, 5) is 1.15. The molecule has 164 valence electrons. The molecule has 4 nitrogen and oxygen atoms in total. The van der Waals surface area contributed by atoms with E-state index in [1.807, 2.05) is 24.4 Å². The van der Waals surface area contributed by atoms with Gasteiger partial charge in [-0.3, -0.25) is 0 Å². The van der Waals surface area contributed by atoms with Crippen LogP contribution in [0.1, 0.15) is 23.1 Å². The molecule has 0 radical (unpaired) electrons. The zero-order chi connectivity index (χ0) is 22.3. The van der Waals surface area contributed by atoms with Gasteiger partial charge in [0.15, 0.2) is 0 Å². The molecule has 0 aliphatic heterocycles. The number of benzene rings is 3. The molecule has 32 heavy (non-hydrogen) atoms. The first kappa shape index (κ1) is 22.1. The molecule has 0 bridgehead atoms. The lowest BCUT2D eigenvalue weighted by molar-refractivity contribution is 0.233. The van der Waals surface area contributed by atoms with Gasteiger partial charge in [0.2, 0.25) is 0 Å². The van der Waals surface area contributed by atoms with Crippen LogP contribution in [0.4, 0.5) is 0 Å². The third-order valence-corrected chi connectivity index (χ3v) is 6.07. The first-order valence-corrected chi connectivity index (χ1v) is 11.5. The van der Waals surface area contributed by atoms with Crippen molar-refractivity contribution >= 4 is 11.5 Å². The van der Waals surface area contributed by atoms with E-state index in [0.717, 1.165) is 27.5 Å². The van der Waals surface area contributed by atoms with Crippen molar-refractivity contribution in [2.75, 3.05) is 13.2 Å². The molecular weight excluding hydrogens is 418 g/mol. The zero-order valence-electron chi connectivity index (χ0n) is 18.4. The van der Waals surface area contributed by atoms with Gasteiger partial charge >= 0.3 is 0 Å².